The minimum atomic E-state index is 0. The van der Waals surface area contributed by atoms with Crippen molar-refractivity contribution in [1.29, 1.82) is 0 Å². The van der Waals surface area contributed by atoms with E-state index in [4.69, 9.17) is 4.74 Å². The maximum Gasteiger partial charge on any atom is 0.310 e. The van der Waals surface area contributed by atoms with E-state index in [9.17, 15) is 4.79 Å². The first-order valence-electron chi connectivity index (χ1n) is 10.1. The lowest BCUT2D eigenvalue weighted by molar-refractivity contribution is -0.155. The first-order chi connectivity index (χ1) is 11.7. The Hall–Kier alpha value is -0.360. The highest BCUT2D eigenvalue weighted by molar-refractivity contribution is 5.85. The predicted octanol–water partition coefficient (Wildman–Crippen LogP) is 1.80. The zero-order valence-corrected chi connectivity index (χ0v) is 16.3. The molecule has 144 valence electrons. The Morgan fingerprint density at radius 3 is 2.64 bits per heavy atom. The number of likely N-dealkylation sites (tertiary alicyclic amines) is 1. The van der Waals surface area contributed by atoms with Crippen LogP contribution in [0.25, 0.3) is 0 Å². The molecule has 4 aliphatic rings. The number of hydrogen-bond acceptors (Lipinski definition) is 5. The van der Waals surface area contributed by atoms with Crippen LogP contribution in [0.4, 0.5) is 0 Å². The van der Waals surface area contributed by atoms with Gasteiger partial charge in [-0.2, -0.15) is 0 Å². The smallest absolute Gasteiger partial charge is 0.310 e. The average molecular weight is 372 g/mol. The fraction of sp³-hybridized carbons (Fsp3) is 0.947. The summed E-state index contributed by atoms with van der Waals surface area (Å²) in [7, 11) is 0. The summed E-state index contributed by atoms with van der Waals surface area (Å²) in [5, 5.41) is 7.13. The summed E-state index contributed by atoms with van der Waals surface area (Å²) in [5.74, 6) is 0.985. The van der Waals surface area contributed by atoms with E-state index in [0.717, 1.165) is 25.0 Å². The van der Waals surface area contributed by atoms with Crippen molar-refractivity contribution in [2.24, 2.45) is 17.3 Å². The Kier molecular flexibility index (Phi) is 6.30. The molecule has 4 fully saturated rings. The van der Waals surface area contributed by atoms with Gasteiger partial charge >= 0.3 is 5.97 Å². The van der Waals surface area contributed by atoms with E-state index >= 15 is 0 Å². The Balaban J connectivity index is 0.00000182. The van der Waals surface area contributed by atoms with Gasteiger partial charge in [0.1, 0.15) is 0 Å². The number of nitrogens with zero attached hydrogens (tertiary/aromatic N) is 1. The summed E-state index contributed by atoms with van der Waals surface area (Å²) >= 11 is 0. The largest absolute Gasteiger partial charge is 0.466 e. The first kappa shape index (κ1) is 19.4. The molecule has 3 saturated heterocycles. The molecule has 2 N–H and O–H groups in total. The normalized spacial score (nSPS) is 39.2. The molecule has 1 aliphatic carbocycles. The van der Waals surface area contributed by atoms with Gasteiger partial charge in [0.2, 0.25) is 0 Å². The SMILES string of the molecule is CCOC(=O)C1CNCC12CC(N1CCC([C@@H]3CCCN3)CC1)C2.Cl. The number of nitrogens with one attached hydrogen (secondary N) is 2. The van der Waals surface area contributed by atoms with Gasteiger partial charge < -0.3 is 20.3 Å². The van der Waals surface area contributed by atoms with Gasteiger partial charge in [0.15, 0.2) is 0 Å². The van der Waals surface area contributed by atoms with Crippen molar-refractivity contribution in [2.75, 3.05) is 39.3 Å². The number of rotatable bonds is 4. The number of carbonyl (C=O) groups is 1. The van der Waals surface area contributed by atoms with Crippen molar-refractivity contribution in [1.82, 2.24) is 15.5 Å². The number of halogens is 1. The minimum Gasteiger partial charge on any atom is -0.466 e. The van der Waals surface area contributed by atoms with Crippen LogP contribution < -0.4 is 10.6 Å². The molecule has 4 rings (SSSR count). The summed E-state index contributed by atoms with van der Waals surface area (Å²) in [4.78, 5) is 14.9. The Morgan fingerprint density at radius 1 is 1.24 bits per heavy atom. The second kappa shape index (κ2) is 8.12. The molecular formula is C19H34ClN3O2. The van der Waals surface area contributed by atoms with E-state index in [1.54, 1.807) is 0 Å². The fourth-order valence-electron chi connectivity index (χ4n) is 5.75. The number of ether oxygens (including phenoxy) is 1. The fourth-order valence-corrected chi connectivity index (χ4v) is 5.75. The molecule has 0 aromatic rings. The van der Waals surface area contributed by atoms with Gasteiger partial charge in [0.05, 0.1) is 12.5 Å². The topological polar surface area (TPSA) is 53.6 Å². The van der Waals surface area contributed by atoms with Gasteiger partial charge in [-0.1, -0.05) is 0 Å². The third kappa shape index (κ3) is 3.71. The van der Waals surface area contributed by atoms with E-state index < -0.39 is 0 Å². The Bertz CT molecular complexity index is 456. The average Bonchev–Trinajstić information content (AvgIpc) is 3.23. The maximum absolute atomic E-state index is 12.2. The second-order valence-electron chi connectivity index (χ2n) is 8.44. The van der Waals surface area contributed by atoms with Gasteiger partial charge in [-0.25, -0.2) is 0 Å². The van der Waals surface area contributed by atoms with Crippen LogP contribution in [-0.4, -0.2) is 62.3 Å². The molecule has 1 saturated carbocycles. The lowest BCUT2D eigenvalue weighted by Gasteiger charge is -2.53. The molecule has 25 heavy (non-hydrogen) atoms. The molecule has 5 nitrogen and oxygen atoms in total. The van der Waals surface area contributed by atoms with Crippen LogP contribution in [0.15, 0.2) is 0 Å². The van der Waals surface area contributed by atoms with Crippen molar-refractivity contribution in [3.05, 3.63) is 0 Å². The van der Waals surface area contributed by atoms with Gasteiger partial charge in [-0.15, -0.1) is 12.4 Å². The lowest BCUT2D eigenvalue weighted by Crippen LogP contribution is -2.57. The molecule has 3 heterocycles. The number of esters is 1. The number of carbonyl (C=O) groups excluding carboxylic acids is 1. The van der Waals surface area contributed by atoms with Crippen molar-refractivity contribution in [3.8, 4) is 0 Å². The number of hydrogen-bond donors (Lipinski definition) is 2. The molecule has 0 radical (unpaired) electrons. The van der Waals surface area contributed by atoms with Crippen molar-refractivity contribution < 1.29 is 9.53 Å². The molecule has 0 amide bonds. The van der Waals surface area contributed by atoms with Crippen LogP contribution >= 0.6 is 12.4 Å². The van der Waals surface area contributed by atoms with E-state index in [2.05, 4.69) is 15.5 Å². The highest BCUT2D eigenvalue weighted by Crippen LogP contribution is 2.52. The number of piperidine rings is 1. The van der Waals surface area contributed by atoms with Crippen molar-refractivity contribution in [3.63, 3.8) is 0 Å². The highest BCUT2D eigenvalue weighted by Gasteiger charge is 2.56. The molecule has 1 unspecified atom stereocenters. The molecule has 0 aromatic carbocycles. The standard InChI is InChI=1S/C19H33N3O2.ClH/c1-2-24-18(23)16-12-20-13-19(16)10-15(11-19)22-8-5-14(6-9-22)17-4-3-7-21-17;/h14-17,20-21H,2-13H2,1H3;1H/t15?,16?,17-,19?;/m0./s1. The Morgan fingerprint density at radius 2 is 2.00 bits per heavy atom. The van der Waals surface area contributed by atoms with Crippen LogP contribution in [0.5, 0.6) is 0 Å². The monoisotopic (exact) mass is 371 g/mol. The van der Waals surface area contributed by atoms with Gasteiger partial charge in [0, 0.05) is 30.6 Å². The van der Waals surface area contributed by atoms with Crippen molar-refractivity contribution in [2.45, 2.75) is 57.5 Å². The summed E-state index contributed by atoms with van der Waals surface area (Å²) in [6.07, 6.45) is 7.79. The first-order valence-corrected chi connectivity index (χ1v) is 10.1. The van der Waals surface area contributed by atoms with E-state index in [1.807, 2.05) is 6.92 Å². The molecule has 0 aromatic heterocycles. The summed E-state index contributed by atoms with van der Waals surface area (Å²) in [6.45, 7) is 7.92. The van der Waals surface area contributed by atoms with Crippen molar-refractivity contribution >= 4 is 18.4 Å². The molecular weight excluding hydrogens is 338 g/mol. The quantitative estimate of drug-likeness (QED) is 0.738. The van der Waals surface area contributed by atoms with Crippen LogP contribution in [0, 0.1) is 17.3 Å². The zero-order valence-electron chi connectivity index (χ0n) is 15.5. The van der Waals surface area contributed by atoms with Gasteiger partial charge in [-0.05, 0) is 71.0 Å². The van der Waals surface area contributed by atoms with E-state index in [0.29, 0.717) is 12.6 Å². The molecule has 0 bridgehead atoms. The molecule has 2 atom stereocenters. The van der Waals surface area contributed by atoms with Crippen LogP contribution in [0.2, 0.25) is 0 Å². The van der Waals surface area contributed by atoms with Crippen LogP contribution in [0.3, 0.4) is 0 Å². The zero-order chi connectivity index (χ0) is 16.6. The van der Waals surface area contributed by atoms with E-state index in [-0.39, 0.29) is 29.7 Å². The lowest BCUT2D eigenvalue weighted by atomic mass is 9.59. The molecule has 3 aliphatic heterocycles. The predicted molar refractivity (Wildman–Crippen MR) is 101 cm³/mol. The van der Waals surface area contributed by atoms with Crippen LogP contribution in [0.1, 0.15) is 45.4 Å². The summed E-state index contributed by atoms with van der Waals surface area (Å²) in [6, 6.07) is 1.48. The minimum absolute atomic E-state index is 0. The van der Waals surface area contributed by atoms with E-state index in [1.165, 1.54) is 58.2 Å². The van der Waals surface area contributed by atoms with Gasteiger partial charge in [0.25, 0.3) is 0 Å². The maximum atomic E-state index is 12.2. The highest BCUT2D eigenvalue weighted by atomic mass is 35.5. The molecule has 6 heteroatoms. The third-order valence-corrected chi connectivity index (χ3v) is 7.18. The summed E-state index contributed by atoms with van der Waals surface area (Å²) in [5.41, 5.74) is 0.181. The Labute approximate surface area is 158 Å². The second-order valence-corrected chi connectivity index (χ2v) is 8.44. The van der Waals surface area contributed by atoms with Gasteiger partial charge in [-0.3, -0.25) is 4.79 Å². The van der Waals surface area contributed by atoms with Crippen LogP contribution in [-0.2, 0) is 9.53 Å². The third-order valence-electron chi connectivity index (χ3n) is 7.18. The molecule has 1 spiro atoms. The summed E-state index contributed by atoms with van der Waals surface area (Å²) < 4.78 is 5.31.